The number of rotatable bonds is 4. The van der Waals surface area contributed by atoms with Gasteiger partial charge in [0, 0.05) is 5.38 Å². The van der Waals surface area contributed by atoms with Crippen molar-refractivity contribution >= 4 is 45.7 Å². The first-order valence-electron chi connectivity index (χ1n) is 9.08. The van der Waals surface area contributed by atoms with Crippen LogP contribution in [0.3, 0.4) is 0 Å². The third kappa shape index (κ3) is 2.93. The molecule has 1 aliphatic heterocycles. The van der Waals surface area contributed by atoms with Crippen molar-refractivity contribution < 1.29 is 14.4 Å². The van der Waals surface area contributed by atoms with Gasteiger partial charge in [-0.05, 0) is 35.4 Å². The fraction of sp³-hybridized carbons (Fsp3) is 0.200. The highest BCUT2D eigenvalue weighted by Gasteiger charge is 2.55. The molecule has 2 aromatic heterocycles. The van der Waals surface area contributed by atoms with Crippen LogP contribution in [0.1, 0.15) is 17.5 Å². The molecule has 1 unspecified atom stereocenters. The molecule has 2 aliphatic rings. The number of nitrogens with one attached hydrogen (secondary N) is 2. The van der Waals surface area contributed by atoms with Gasteiger partial charge in [-0.15, -0.1) is 22.7 Å². The van der Waals surface area contributed by atoms with E-state index in [2.05, 4.69) is 15.6 Å². The van der Waals surface area contributed by atoms with Crippen LogP contribution >= 0.6 is 22.7 Å². The standard InChI is InChI=1S/C20H16N4O3S2/c25-16(22-18-21-14(11-29-18)15-6-3-9-28-15)10-24-17(26)20(23-19(24)27)8-7-12-4-1-2-5-13(12)20/h1-6,9,11H,7-8,10H2,(H,23,27)(H,21,22,25). The zero-order valence-corrected chi connectivity index (χ0v) is 16.8. The van der Waals surface area contributed by atoms with E-state index in [1.807, 2.05) is 47.2 Å². The zero-order valence-electron chi connectivity index (χ0n) is 15.2. The molecule has 1 saturated heterocycles. The van der Waals surface area contributed by atoms with Gasteiger partial charge in [0.15, 0.2) is 5.13 Å². The van der Waals surface area contributed by atoms with Crippen LogP contribution in [0.25, 0.3) is 10.6 Å². The Morgan fingerprint density at radius 1 is 1.21 bits per heavy atom. The van der Waals surface area contributed by atoms with E-state index in [-0.39, 0.29) is 12.5 Å². The molecule has 7 nitrogen and oxygen atoms in total. The molecule has 9 heteroatoms. The van der Waals surface area contributed by atoms with E-state index in [1.54, 1.807) is 11.3 Å². The average molecular weight is 425 g/mol. The molecule has 3 heterocycles. The number of aryl methyl sites for hydroxylation is 1. The molecule has 0 saturated carbocycles. The molecule has 1 fully saturated rings. The van der Waals surface area contributed by atoms with Gasteiger partial charge in [-0.1, -0.05) is 30.3 Å². The normalized spacial score (nSPS) is 20.2. The van der Waals surface area contributed by atoms with Crippen molar-refractivity contribution in [3.05, 3.63) is 58.3 Å². The van der Waals surface area contributed by atoms with Crippen LogP contribution in [0, 0.1) is 0 Å². The Balaban J connectivity index is 1.30. The van der Waals surface area contributed by atoms with Gasteiger partial charge in [-0.3, -0.25) is 14.5 Å². The first-order valence-corrected chi connectivity index (χ1v) is 10.8. The molecule has 4 amide bonds. The number of imide groups is 1. The quantitative estimate of drug-likeness (QED) is 0.629. The van der Waals surface area contributed by atoms with Gasteiger partial charge >= 0.3 is 6.03 Å². The molecule has 1 atom stereocenters. The molecule has 0 bridgehead atoms. The molecule has 0 radical (unpaired) electrons. The Bertz CT molecular complexity index is 1120. The molecule has 29 heavy (non-hydrogen) atoms. The van der Waals surface area contributed by atoms with E-state index in [0.29, 0.717) is 18.0 Å². The number of nitrogens with zero attached hydrogens (tertiary/aromatic N) is 2. The lowest BCUT2D eigenvalue weighted by atomic mass is 9.92. The Morgan fingerprint density at radius 2 is 2.07 bits per heavy atom. The number of carbonyl (C=O) groups is 3. The number of anilines is 1. The maximum atomic E-state index is 13.1. The molecule has 2 N–H and O–H groups in total. The summed E-state index contributed by atoms with van der Waals surface area (Å²) in [6.07, 6.45) is 1.22. The van der Waals surface area contributed by atoms with E-state index in [0.717, 1.165) is 26.6 Å². The lowest BCUT2D eigenvalue weighted by Gasteiger charge is -2.22. The lowest BCUT2D eigenvalue weighted by molar-refractivity contribution is -0.134. The van der Waals surface area contributed by atoms with Gasteiger partial charge in [0.25, 0.3) is 5.91 Å². The first-order chi connectivity index (χ1) is 14.1. The number of aromatic nitrogens is 1. The average Bonchev–Trinajstić information content (AvgIpc) is 3.48. The molecule has 3 aromatic rings. The van der Waals surface area contributed by atoms with Crippen molar-refractivity contribution in [2.45, 2.75) is 18.4 Å². The SMILES string of the molecule is O=C(CN1C(=O)NC2(CCc3ccccc32)C1=O)Nc1nc(-c2cccs2)cs1. The largest absolute Gasteiger partial charge is 0.325 e. The second kappa shape index (κ2) is 6.78. The second-order valence-electron chi connectivity index (χ2n) is 6.95. The summed E-state index contributed by atoms with van der Waals surface area (Å²) in [4.78, 5) is 44.5. The third-order valence-corrected chi connectivity index (χ3v) is 6.90. The van der Waals surface area contributed by atoms with Crippen molar-refractivity contribution in [3.8, 4) is 10.6 Å². The van der Waals surface area contributed by atoms with E-state index in [4.69, 9.17) is 0 Å². The summed E-state index contributed by atoms with van der Waals surface area (Å²) in [6.45, 7) is -0.345. The second-order valence-corrected chi connectivity index (χ2v) is 8.75. The van der Waals surface area contributed by atoms with E-state index < -0.39 is 17.5 Å². The van der Waals surface area contributed by atoms with E-state index >= 15 is 0 Å². The summed E-state index contributed by atoms with van der Waals surface area (Å²) in [5, 5.41) is 9.77. The van der Waals surface area contributed by atoms with Crippen LogP contribution in [0.15, 0.2) is 47.2 Å². The van der Waals surface area contributed by atoms with Crippen LogP contribution in [-0.4, -0.2) is 34.3 Å². The van der Waals surface area contributed by atoms with Crippen LogP contribution in [-0.2, 0) is 21.5 Å². The minimum absolute atomic E-state index is 0.345. The monoisotopic (exact) mass is 424 g/mol. The lowest BCUT2D eigenvalue weighted by Crippen LogP contribution is -2.42. The number of hydrogen-bond donors (Lipinski definition) is 2. The molecule has 146 valence electrons. The summed E-state index contributed by atoms with van der Waals surface area (Å²) in [7, 11) is 0. The fourth-order valence-corrected chi connectivity index (χ4v) is 5.39. The minimum Gasteiger partial charge on any atom is -0.319 e. The smallest absolute Gasteiger partial charge is 0.319 e. The third-order valence-electron chi connectivity index (χ3n) is 5.25. The number of thiophene rings is 1. The van der Waals surface area contributed by atoms with Crippen molar-refractivity contribution in [2.75, 3.05) is 11.9 Å². The zero-order chi connectivity index (χ0) is 20.0. The predicted octanol–water partition coefficient (Wildman–Crippen LogP) is 3.20. The molecule has 1 aliphatic carbocycles. The van der Waals surface area contributed by atoms with Crippen LogP contribution < -0.4 is 10.6 Å². The topological polar surface area (TPSA) is 91.4 Å². The van der Waals surface area contributed by atoms with Crippen molar-refractivity contribution in [3.63, 3.8) is 0 Å². The number of thiazole rings is 1. The predicted molar refractivity (Wildman–Crippen MR) is 111 cm³/mol. The van der Waals surface area contributed by atoms with Crippen molar-refractivity contribution in [1.29, 1.82) is 0 Å². The number of carbonyl (C=O) groups excluding carboxylic acids is 3. The van der Waals surface area contributed by atoms with Crippen LogP contribution in [0.4, 0.5) is 9.93 Å². The van der Waals surface area contributed by atoms with Crippen LogP contribution in [0.5, 0.6) is 0 Å². The first kappa shape index (κ1) is 18.0. The van der Waals surface area contributed by atoms with E-state index in [9.17, 15) is 14.4 Å². The van der Waals surface area contributed by atoms with Gasteiger partial charge in [0.2, 0.25) is 5.91 Å². The van der Waals surface area contributed by atoms with Gasteiger partial charge in [-0.2, -0.15) is 0 Å². The van der Waals surface area contributed by atoms with Crippen molar-refractivity contribution in [2.24, 2.45) is 0 Å². The summed E-state index contributed by atoms with van der Waals surface area (Å²) >= 11 is 2.87. The van der Waals surface area contributed by atoms with Crippen molar-refractivity contribution in [1.82, 2.24) is 15.2 Å². The van der Waals surface area contributed by atoms with Gasteiger partial charge in [-0.25, -0.2) is 9.78 Å². The van der Waals surface area contributed by atoms with E-state index in [1.165, 1.54) is 11.3 Å². The Labute approximate surface area is 174 Å². The molecule has 5 rings (SSSR count). The molecular formula is C20H16N4O3S2. The number of urea groups is 1. The Morgan fingerprint density at radius 3 is 2.90 bits per heavy atom. The highest BCUT2D eigenvalue weighted by Crippen LogP contribution is 2.41. The maximum absolute atomic E-state index is 13.1. The van der Waals surface area contributed by atoms with Gasteiger partial charge < -0.3 is 10.6 Å². The molecular weight excluding hydrogens is 408 g/mol. The number of fused-ring (bicyclic) bond motifs is 2. The fourth-order valence-electron chi connectivity index (χ4n) is 3.90. The minimum atomic E-state index is -1.05. The molecule has 1 spiro atoms. The van der Waals surface area contributed by atoms with Crippen LogP contribution in [0.2, 0.25) is 0 Å². The summed E-state index contributed by atoms with van der Waals surface area (Å²) in [5.41, 5.74) is 1.61. The molecule has 1 aromatic carbocycles. The number of benzene rings is 1. The highest BCUT2D eigenvalue weighted by molar-refractivity contribution is 7.16. The van der Waals surface area contributed by atoms with Gasteiger partial charge in [0.05, 0.1) is 10.6 Å². The highest BCUT2D eigenvalue weighted by atomic mass is 32.1. The maximum Gasteiger partial charge on any atom is 0.325 e. The summed E-state index contributed by atoms with van der Waals surface area (Å²) < 4.78 is 0. The number of hydrogen-bond acceptors (Lipinski definition) is 6. The summed E-state index contributed by atoms with van der Waals surface area (Å²) in [6, 6.07) is 11.0. The Kier molecular flexibility index (Phi) is 4.21. The number of amides is 4. The summed E-state index contributed by atoms with van der Waals surface area (Å²) in [5.74, 6) is -0.829. The Hall–Kier alpha value is -3.04. The van der Waals surface area contributed by atoms with Gasteiger partial charge in [0.1, 0.15) is 12.1 Å².